The highest BCUT2D eigenvalue weighted by Crippen LogP contribution is 2.38. The number of amides is 1. The Hall–Kier alpha value is -2.37. The summed E-state index contributed by atoms with van der Waals surface area (Å²) in [6.07, 6.45) is 3.29. The highest BCUT2D eigenvalue weighted by atomic mass is 16.5. The van der Waals surface area contributed by atoms with E-state index in [-0.39, 0.29) is 12.0 Å². The Balaban J connectivity index is 1.54. The Labute approximate surface area is 178 Å². The van der Waals surface area contributed by atoms with E-state index in [0.29, 0.717) is 39.1 Å². The molecule has 5 heteroatoms. The summed E-state index contributed by atoms with van der Waals surface area (Å²) in [5.74, 6) is 1.08. The summed E-state index contributed by atoms with van der Waals surface area (Å²) in [5, 5.41) is 9.81. The van der Waals surface area contributed by atoms with Crippen LogP contribution in [0, 0.1) is 5.41 Å². The van der Waals surface area contributed by atoms with Gasteiger partial charge in [-0.15, -0.1) is 0 Å². The predicted octanol–water partition coefficient (Wildman–Crippen LogP) is 3.68. The Morgan fingerprint density at radius 2 is 1.77 bits per heavy atom. The minimum Gasteiger partial charge on any atom is -0.496 e. The van der Waals surface area contributed by atoms with Crippen LogP contribution >= 0.6 is 0 Å². The van der Waals surface area contributed by atoms with Gasteiger partial charge in [0, 0.05) is 31.9 Å². The highest BCUT2D eigenvalue weighted by Gasteiger charge is 2.43. The van der Waals surface area contributed by atoms with E-state index in [1.807, 2.05) is 23.1 Å². The fourth-order valence-corrected chi connectivity index (χ4v) is 4.71. The van der Waals surface area contributed by atoms with Crippen molar-refractivity contribution in [2.24, 2.45) is 5.41 Å². The molecule has 160 valence electrons. The fraction of sp³-hybridized carbons (Fsp3) is 0.480. The normalized spacial score (nSPS) is 19.5. The molecule has 30 heavy (non-hydrogen) atoms. The van der Waals surface area contributed by atoms with Gasteiger partial charge >= 0.3 is 0 Å². The van der Waals surface area contributed by atoms with E-state index in [0.717, 1.165) is 36.1 Å². The molecule has 0 bridgehead atoms. The molecule has 0 saturated carbocycles. The van der Waals surface area contributed by atoms with E-state index in [1.165, 1.54) is 5.56 Å². The van der Waals surface area contributed by atoms with E-state index >= 15 is 0 Å². The molecule has 0 aliphatic carbocycles. The van der Waals surface area contributed by atoms with E-state index in [1.54, 1.807) is 7.11 Å². The molecule has 0 atom stereocenters. The average Bonchev–Trinajstić information content (AvgIpc) is 2.80. The number of carbonyl (C=O) groups excluding carboxylic acids is 1. The third kappa shape index (κ3) is 4.37. The minimum absolute atomic E-state index is 0.228. The maximum atomic E-state index is 13.5. The quantitative estimate of drug-likeness (QED) is 0.818. The number of piperidine rings is 1. The van der Waals surface area contributed by atoms with E-state index in [2.05, 4.69) is 30.3 Å². The number of rotatable bonds is 5. The van der Waals surface area contributed by atoms with E-state index in [4.69, 9.17) is 9.47 Å². The standard InChI is InChI=1S/C25H31NO4/c1-29-23-5-3-2-4-22(23)20-8-6-19(7-9-20)18-25(12-16-30-17-13-25)24(28)26-14-10-21(27)11-15-26/h2-9,21,27H,10-18H2,1H3. The molecule has 2 aromatic carbocycles. The van der Waals surface area contributed by atoms with Crippen LogP contribution in [0.15, 0.2) is 48.5 Å². The number of nitrogens with zero attached hydrogens (tertiary/aromatic N) is 1. The Kier molecular flexibility index (Phi) is 6.40. The Morgan fingerprint density at radius 1 is 1.10 bits per heavy atom. The summed E-state index contributed by atoms with van der Waals surface area (Å²) in [4.78, 5) is 15.5. The van der Waals surface area contributed by atoms with Crippen LogP contribution in [0.2, 0.25) is 0 Å². The third-order valence-corrected chi connectivity index (χ3v) is 6.57. The maximum Gasteiger partial charge on any atom is 0.229 e. The number of para-hydroxylation sites is 1. The topological polar surface area (TPSA) is 59.0 Å². The summed E-state index contributed by atoms with van der Waals surface area (Å²) in [5.41, 5.74) is 2.93. The first kappa shape index (κ1) is 20.9. The van der Waals surface area contributed by atoms with Crippen molar-refractivity contribution in [3.05, 3.63) is 54.1 Å². The summed E-state index contributed by atoms with van der Waals surface area (Å²) < 4.78 is 11.1. The van der Waals surface area contributed by atoms with Crippen LogP contribution in [0.25, 0.3) is 11.1 Å². The summed E-state index contributed by atoms with van der Waals surface area (Å²) in [6, 6.07) is 16.5. The lowest BCUT2D eigenvalue weighted by Gasteiger charge is -2.41. The zero-order valence-electron chi connectivity index (χ0n) is 17.7. The second-order valence-corrected chi connectivity index (χ2v) is 8.49. The van der Waals surface area contributed by atoms with Crippen LogP contribution in [0.3, 0.4) is 0 Å². The Morgan fingerprint density at radius 3 is 2.43 bits per heavy atom. The molecule has 4 rings (SSSR count). The summed E-state index contributed by atoms with van der Waals surface area (Å²) in [6.45, 7) is 2.55. The van der Waals surface area contributed by atoms with Crippen LogP contribution in [0.5, 0.6) is 5.75 Å². The zero-order valence-corrected chi connectivity index (χ0v) is 17.7. The molecule has 2 fully saturated rings. The zero-order chi connectivity index (χ0) is 21.0. The van der Waals surface area contributed by atoms with Crippen molar-refractivity contribution >= 4 is 5.91 Å². The molecule has 1 amide bonds. The van der Waals surface area contributed by atoms with Crippen LogP contribution in [-0.2, 0) is 16.0 Å². The van der Waals surface area contributed by atoms with Crippen LogP contribution in [-0.4, -0.2) is 55.4 Å². The predicted molar refractivity (Wildman–Crippen MR) is 116 cm³/mol. The average molecular weight is 410 g/mol. The highest BCUT2D eigenvalue weighted by molar-refractivity contribution is 5.83. The lowest BCUT2D eigenvalue weighted by atomic mass is 9.73. The number of carbonyl (C=O) groups is 1. The van der Waals surface area contributed by atoms with Crippen molar-refractivity contribution in [3.63, 3.8) is 0 Å². The molecule has 2 aliphatic rings. The van der Waals surface area contributed by atoms with Gasteiger partial charge in [-0.1, -0.05) is 42.5 Å². The molecule has 2 saturated heterocycles. The molecule has 2 aliphatic heterocycles. The number of methoxy groups -OCH3 is 1. The third-order valence-electron chi connectivity index (χ3n) is 6.57. The van der Waals surface area contributed by atoms with Gasteiger partial charge in [0.05, 0.1) is 18.6 Å². The van der Waals surface area contributed by atoms with Gasteiger partial charge in [-0.2, -0.15) is 0 Å². The van der Waals surface area contributed by atoms with Gasteiger partial charge in [0.15, 0.2) is 0 Å². The smallest absolute Gasteiger partial charge is 0.229 e. The van der Waals surface area contributed by atoms with Gasteiger partial charge < -0.3 is 19.5 Å². The lowest BCUT2D eigenvalue weighted by Crippen LogP contribution is -2.51. The molecule has 2 heterocycles. The van der Waals surface area contributed by atoms with Crippen molar-refractivity contribution in [1.82, 2.24) is 4.90 Å². The Bertz CT molecular complexity index is 850. The fourth-order valence-electron chi connectivity index (χ4n) is 4.71. The molecular formula is C25H31NO4. The minimum atomic E-state index is -0.410. The second kappa shape index (κ2) is 9.19. The van der Waals surface area contributed by atoms with E-state index < -0.39 is 5.41 Å². The van der Waals surface area contributed by atoms with Gasteiger partial charge in [-0.25, -0.2) is 0 Å². The number of likely N-dealkylation sites (tertiary alicyclic amines) is 1. The van der Waals surface area contributed by atoms with Crippen molar-refractivity contribution in [2.75, 3.05) is 33.4 Å². The van der Waals surface area contributed by atoms with E-state index in [9.17, 15) is 9.90 Å². The number of hydrogen-bond acceptors (Lipinski definition) is 4. The first-order valence-corrected chi connectivity index (χ1v) is 10.9. The SMILES string of the molecule is COc1ccccc1-c1ccc(CC2(C(=O)N3CCC(O)CC3)CCOCC2)cc1. The monoisotopic (exact) mass is 409 g/mol. The first-order chi connectivity index (χ1) is 14.6. The number of benzene rings is 2. The number of hydrogen-bond donors (Lipinski definition) is 1. The van der Waals surface area contributed by atoms with Crippen LogP contribution in [0.4, 0.5) is 0 Å². The number of aliphatic hydroxyl groups excluding tert-OH is 1. The lowest BCUT2D eigenvalue weighted by molar-refractivity contribution is -0.150. The maximum absolute atomic E-state index is 13.5. The van der Waals surface area contributed by atoms with Crippen molar-refractivity contribution in [2.45, 2.75) is 38.2 Å². The van der Waals surface area contributed by atoms with Gasteiger partial charge in [-0.05, 0) is 49.3 Å². The van der Waals surface area contributed by atoms with Crippen LogP contribution in [0.1, 0.15) is 31.2 Å². The van der Waals surface area contributed by atoms with Crippen molar-refractivity contribution in [3.8, 4) is 16.9 Å². The summed E-state index contributed by atoms with van der Waals surface area (Å²) >= 11 is 0. The van der Waals surface area contributed by atoms with Gasteiger partial charge in [0.2, 0.25) is 5.91 Å². The molecule has 0 aromatic heterocycles. The molecule has 2 aromatic rings. The first-order valence-electron chi connectivity index (χ1n) is 10.9. The van der Waals surface area contributed by atoms with Gasteiger partial charge in [-0.3, -0.25) is 4.79 Å². The molecule has 1 N–H and O–H groups in total. The molecule has 5 nitrogen and oxygen atoms in total. The van der Waals surface area contributed by atoms with Crippen LogP contribution < -0.4 is 4.74 Å². The molecule has 0 radical (unpaired) electrons. The molecule has 0 unspecified atom stereocenters. The molecular weight excluding hydrogens is 378 g/mol. The second-order valence-electron chi connectivity index (χ2n) is 8.49. The largest absolute Gasteiger partial charge is 0.496 e. The van der Waals surface area contributed by atoms with Crippen molar-refractivity contribution < 1.29 is 19.4 Å². The molecule has 0 spiro atoms. The van der Waals surface area contributed by atoms with Gasteiger partial charge in [0.1, 0.15) is 5.75 Å². The number of ether oxygens (including phenoxy) is 2. The van der Waals surface area contributed by atoms with Gasteiger partial charge in [0.25, 0.3) is 0 Å². The number of aliphatic hydroxyl groups is 1. The van der Waals surface area contributed by atoms with Crippen molar-refractivity contribution in [1.29, 1.82) is 0 Å². The summed E-state index contributed by atoms with van der Waals surface area (Å²) in [7, 11) is 1.69.